The first-order valence-corrected chi connectivity index (χ1v) is 12.5. The monoisotopic (exact) mass is 468 g/mol. The van der Waals surface area contributed by atoms with Gasteiger partial charge in [0, 0.05) is 13.1 Å². The second-order valence-electron chi connectivity index (χ2n) is 7.65. The molecular weight excluding hydrogens is 444 g/mol. The number of hydrogen-bond donors (Lipinski definition) is 1. The Bertz CT molecular complexity index is 1080. The lowest BCUT2D eigenvalue weighted by molar-refractivity contribution is -0.129. The van der Waals surface area contributed by atoms with Crippen LogP contribution in [0.2, 0.25) is 0 Å². The van der Waals surface area contributed by atoms with Crippen molar-refractivity contribution >= 4 is 34.1 Å². The number of carbonyl (C=O) groups excluding carboxylic acids is 1. The first-order chi connectivity index (χ1) is 15.8. The number of ether oxygens (including phenoxy) is 2. The molecule has 1 atom stereocenters. The highest BCUT2D eigenvalue weighted by Gasteiger charge is 2.31. The van der Waals surface area contributed by atoms with Crippen LogP contribution in [0.4, 0.5) is 5.13 Å². The van der Waals surface area contributed by atoms with Crippen molar-refractivity contribution in [2.24, 2.45) is 0 Å². The summed E-state index contributed by atoms with van der Waals surface area (Å²) >= 11 is 2.92. The zero-order valence-corrected chi connectivity index (χ0v) is 19.2. The number of fused-ring (bicyclic) bond motifs is 1. The van der Waals surface area contributed by atoms with Crippen LogP contribution in [0.1, 0.15) is 30.0 Å². The normalized spacial score (nSPS) is 17.4. The van der Waals surface area contributed by atoms with E-state index in [1.54, 1.807) is 0 Å². The summed E-state index contributed by atoms with van der Waals surface area (Å²) in [6, 6.07) is 16.3. The van der Waals surface area contributed by atoms with E-state index in [9.17, 15) is 4.79 Å². The lowest BCUT2D eigenvalue weighted by atomic mass is 10.0. The summed E-state index contributed by atoms with van der Waals surface area (Å²) < 4.78 is 12.1. The molecule has 1 unspecified atom stereocenters. The van der Waals surface area contributed by atoms with Gasteiger partial charge in [0.15, 0.2) is 15.8 Å². The molecule has 3 aromatic rings. The molecule has 1 saturated heterocycles. The van der Waals surface area contributed by atoms with Crippen LogP contribution in [-0.4, -0.2) is 46.5 Å². The summed E-state index contributed by atoms with van der Waals surface area (Å²) in [6.07, 6.45) is 1.96. The lowest BCUT2D eigenvalue weighted by Gasteiger charge is -2.26. The zero-order chi connectivity index (χ0) is 21.8. The van der Waals surface area contributed by atoms with E-state index < -0.39 is 0 Å². The summed E-state index contributed by atoms with van der Waals surface area (Å²) in [7, 11) is 0. The van der Waals surface area contributed by atoms with Crippen LogP contribution in [0.25, 0.3) is 0 Å². The van der Waals surface area contributed by atoms with Crippen molar-refractivity contribution in [3.63, 3.8) is 0 Å². The summed E-state index contributed by atoms with van der Waals surface area (Å²) in [5.74, 6) is 2.03. The molecule has 1 N–H and O–H groups in total. The average molecular weight is 469 g/mol. The standard InChI is InChI=1S/C23H24N4O3S2/c28-21(15-31-23-26-25-22(32-23)24-14-16-5-2-1-3-6-16)27-10-4-7-18(27)17-8-9-19-20(13-17)30-12-11-29-19/h1-3,5-6,8-9,13,18H,4,7,10-12,14-15H2,(H,24,25). The predicted octanol–water partition coefficient (Wildman–Crippen LogP) is 4.38. The number of likely N-dealkylation sites (tertiary alicyclic amines) is 1. The van der Waals surface area contributed by atoms with Crippen LogP contribution in [0.15, 0.2) is 52.9 Å². The summed E-state index contributed by atoms with van der Waals surface area (Å²) in [5, 5.41) is 12.5. The molecule has 7 nitrogen and oxygen atoms in total. The maximum Gasteiger partial charge on any atom is 0.233 e. The number of amides is 1. The van der Waals surface area contributed by atoms with Gasteiger partial charge in [-0.1, -0.05) is 59.5 Å². The molecular formula is C23H24N4O3S2. The van der Waals surface area contributed by atoms with Gasteiger partial charge in [0.05, 0.1) is 11.8 Å². The van der Waals surface area contributed by atoms with E-state index in [2.05, 4.69) is 27.6 Å². The third-order valence-electron chi connectivity index (χ3n) is 5.54. The second-order valence-corrected chi connectivity index (χ2v) is 9.85. The number of aromatic nitrogens is 2. The molecule has 2 aliphatic heterocycles. The van der Waals surface area contributed by atoms with Gasteiger partial charge in [-0.3, -0.25) is 4.79 Å². The highest BCUT2D eigenvalue weighted by Crippen LogP contribution is 2.38. The Morgan fingerprint density at radius 1 is 1.12 bits per heavy atom. The van der Waals surface area contributed by atoms with Gasteiger partial charge in [-0.2, -0.15) is 0 Å². The van der Waals surface area contributed by atoms with E-state index in [4.69, 9.17) is 9.47 Å². The van der Waals surface area contributed by atoms with Gasteiger partial charge >= 0.3 is 0 Å². The van der Waals surface area contributed by atoms with Gasteiger partial charge in [-0.05, 0) is 36.1 Å². The predicted molar refractivity (Wildman–Crippen MR) is 126 cm³/mol. The molecule has 2 aliphatic rings. The SMILES string of the molecule is O=C(CSc1nnc(NCc2ccccc2)s1)N1CCCC1c1ccc2c(c1)OCCO2. The van der Waals surface area contributed by atoms with Crippen LogP contribution < -0.4 is 14.8 Å². The Kier molecular flexibility index (Phi) is 6.45. The summed E-state index contributed by atoms with van der Waals surface area (Å²) in [6.45, 7) is 2.61. The van der Waals surface area contributed by atoms with Gasteiger partial charge in [0.2, 0.25) is 11.0 Å². The van der Waals surface area contributed by atoms with E-state index in [-0.39, 0.29) is 11.9 Å². The number of nitrogens with one attached hydrogen (secondary N) is 1. The maximum absolute atomic E-state index is 13.0. The molecule has 5 rings (SSSR count). The molecule has 0 bridgehead atoms. The number of hydrogen-bond acceptors (Lipinski definition) is 8. The van der Waals surface area contributed by atoms with Crippen LogP contribution >= 0.6 is 23.1 Å². The minimum atomic E-state index is 0.0800. The van der Waals surface area contributed by atoms with E-state index >= 15 is 0 Å². The van der Waals surface area contributed by atoms with Crippen molar-refractivity contribution in [1.29, 1.82) is 0 Å². The highest BCUT2D eigenvalue weighted by atomic mass is 32.2. The molecule has 1 fully saturated rings. The third kappa shape index (κ3) is 4.83. The Morgan fingerprint density at radius 3 is 2.84 bits per heavy atom. The molecule has 9 heteroatoms. The highest BCUT2D eigenvalue weighted by molar-refractivity contribution is 8.01. The van der Waals surface area contributed by atoms with Crippen molar-refractivity contribution in [3.05, 3.63) is 59.7 Å². The van der Waals surface area contributed by atoms with Gasteiger partial charge < -0.3 is 19.7 Å². The van der Waals surface area contributed by atoms with Crippen LogP contribution in [0, 0.1) is 0 Å². The fourth-order valence-electron chi connectivity index (χ4n) is 4.00. The number of anilines is 1. The number of carbonyl (C=O) groups is 1. The van der Waals surface area contributed by atoms with Gasteiger partial charge in [-0.15, -0.1) is 10.2 Å². The molecule has 3 heterocycles. The van der Waals surface area contributed by atoms with E-state index in [0.29, 0.717) is 25.5 Å². The van der Waals surface area contributed by atoms with Crippen molar-refractivity contribution in [1.82, 2.24) is 15.1 Å². The molecule has 0 saturated carbocycles. The molecule has 2 aromatic carbocycles. The Labute approximate surface area is 195 Å². The first kappa shape index (κ1) is 21.1. The average Bonchev–Trinajstić information content (AvgIpc) is 3.51. The van der Waals surface area contributed by atoms with Crippen molar-refractivity contribution < 1.29 is 14.3 Å². The Hall–Kier alpha value is -2.78. The van der Waals surface area contributed by atoms with Gasteiger partial charge in [0.25, 0.3) is 0 Å². The smallest absolute Gasteiger partial charge is 0.233 e. The molecule has 166 valence electrons. The molecule has 0 radical (unpaired) electrons. The molecule has 0 aliphatic carbocycles. The molecule has 1 aromatic heterocycles. The van der Waals surface area contributed by atoms with Crippen molar-refractivity contribution in [3.8, 4) is 11.5 Å². The maximum atomic E-state index is 13.0. The van der Waals surface area contributed by atoms with Gasteiger partial charge in [0.1, 0.15) is 13.2 Å². The minimum absolute atomic E-state index is 0.0800. The topological polar surface area (TPSA) is 76.6 Å². The first-order valence-electron chi connectivity index (χ1n) is 10.7. The Morgan fingerprint density at radius 2 is 1.97 bits per heavy atom. The third-order valence-corrected chi connectivity index (χ3v) is 7.54. The second kappa shape index (κ2) is 9.79. The van der Waals surface area contributed by atoms with E-state index in [1.807, 2.05) is 41.3 Å². The molecule has 32 heavy (non-hydrogen) atoms. The van der Waals surface area contributed by atoms with Crippen LogP contribution in [-0.2, 0) is 11.3 Å². The molecule has 1 amide bonds. The fraction of sp³-hybridized carbons (Fsp3) is 0.348. The Balaban J connectivity index is 1.17. The number of benzene rings is 2. The van der Waals surface area contributed by atoms with E-state index in [1.165, 1.54) is 28.7 Å². The summed E-state index contributed by atoms with van der Waals surface area (Å²) in [4.78, 5) is 15.0. The minimum Gasteiger partial charge on any atom is -0.486 e. The van der Waals surface area contributed by atoms with E-state index in [0.717, 1.165) is 45.9 Å². The lowest BCUT2D eigenvalue weighted by Crippen LogP contribution is -2.32. The van der Waals surface area contributed by atoms with Gasteiger partial charge in [-0.25, -0.2) is 0 Å². The quantitative estimate of drug-likeness (QED) is 0.516. The van der Waals surface area contributed by atoms with Crippen molar-refractivity contribution in [2.75, 3.05) is 30.8 Å². The zero-order valence-electron chi connectivity index (χ0n) is 17.5. The molecule has 0 spiro atoms. The largest absolute Gasteiger partial charge is 0.486 e. The number of rotatable bonds is 7. The number of thioether (sulfide) groups is 1. The fourth-order valence-corrected chi connectivity index (χ4v) is 5.63. The van der Waals surface area contributed by atoms with Crippen molar-refractivity contribution in [2.45, 2.75) is 29.8 Å². The van der Waals surface area contributed by atoms with Crippen LogP contribution in [0.3, 0.4) is 0 Å². The summed E-state index contributed by atoms with van der Waals surface area (Å²) in [5.41, 5.74) is 2.29. The van der Waals surface area contributed by atoms with Crippen LogP contribution in [0.5, 0.6) is 11.5 Å². The number of nitrogens with zero attached hydrogens (tertiary/aromatic N) is 3.